The quantitative estimate of drug-likeness (QED) is 0.889. The van der Waals surface area contributed by atoms with Crippen molar-refractivity contribution >= 4 is 0 Å². The first-order valence-corrected chi connectivity index (χ1v) is 6.97. The van der Waals surface area contributed by atoms with Crippen molar-refractivity contribution in [3.8, 4) is 5.69 Å². The lowest BCUT2D eigenvalue weighted by Gasteiger charge is -2.26. The Hall–Kier alpha value is -1.61. The highest BCUT2D eigenvalue weighted by molar-refractivity contribution is 5.34. The number of nitrogens with zero attached hydrogens (tertiary/aromatic N) is 2. The van der Waals surface area contributed by atoms with Gasteiger partial charge in [-0.1, -0.05) is 12.1 Å². The molecule has 0 aliphatic heterocycles. The molecule has 0 amide bonds. The predicted octanol–water partition coefficient (Wildman–Crippen LogP) is 3.15. The fourth-order valence-electron chi connectivity index (χ4n) is 2.48. The van der Waals surface area contributed by atoms with Gasteiger partial charge in [-0.15, -0.1) is 0 Å². The van der Waals surface area contributed by atoms with Crippen LogP contribution in [0.3, 0.4) is 0 Å². The van der Waals surface area contributed by atoms with Crippen LogP contribution in [0.5, 0.6) is 0 Å². The van der Waals surface area contributed by atoms with Crippen LogP contribution in [-0.4, -0.2) is 15.1 Å². The molecule has 100 valence electrons. The first kappa shape index (κ1) is 12.4. The zero-order valence-electron chi connectivity index (χ0n) is 11.6. The predicted molar refractivity (Wildman–Crippen MR) is 77.2 cm³/mol. The number of nitrogens with one attached hydrogen (secondary N) is 1. The normalized spacial score (nSPS) is 15.7. The highest BCUT2D eigenvalue weighted by Gasteiger charge is 2.36. The van der Waals surface area contributed by atoms with Crippen molar-refractivity contribution in [2.75, 3.05) is 0 Å². The summed E-state index contributed by atoms with van der Waals surface area (Å²) in [5, 5.41) is 3.67. The summed E-state index contributed by atoms with van der Waals surface area (Å²) >= 11 is 0. The van der Waals surface area contributed by atoms with Gasteiger partial charge in [-0.3, -0.25) is 0 Å². The Morgan fingerprint density at radius 3 is 2.58 bits per heavy atom. The summed E-state index contributed by atoms with van der Waals surface area (Å²) in [4.78, 5) is 4.07. The van der Waals surface area contributed by atoms with Crippen molar-refractivity contribution in [3.05, 3.63) is 48.5 Å². The molecule has 1 N–H and O–H groups in total. The lowest BCUT2D eigenvalue weighted by molar-refractivity contribution is 0.339. The highest BCUT2D eigenvalue weighted by atomic mass is 15.0. The van der Waals surface area contributed by atoms with Crippen LogP contribution in [-0.2, 0) is 6.54 Å². The van der Waals surface area contributed by atoms with E-state index in [1.807, 2.05) is 17.1 Å². The molecule has 1 aromatic carbocycles. The maximum Gasteiger partial charge on any atom is 0.0991 e. The van der Waals surface area contributed by atoms with Crippen LogP contribution in [0.2, 0.25) is 0 Å². The second-order valence-electron chi connectivity index (χ2n) is 5.99. The first-order valence-electron chi connectivity index (χ1n) is 6.97. The second-order valence-corrected chi connectivity index (χ2v) is 5.99. The molecule has 1 aliphatic carbocycles. The van der Waals surface area contributed by atoms with E-state index < -0.39 is 0 Å². The molecule has 1 fully saturated rings. The van der Waals surface area contributed by atoms with Crippen molar-refractivity contribution in [1.82, 2.24) is 14.9 Å². The smallest absolute Gasteiger partial charge is 0.0991 e. The molecule has 0 radical (unpaired) electrons. The van der Waals surface area contributed by atoms with Crippen molar-refractivity contribution in [2.24, 2.45) is 5.92 Å². The molecule has 0 atom stereocenters. The van der Waals surface area contributed by atoms with E-state index in [1.165, 1.54) is 18.4 Å². The van der Waals surface area contributed by atoms with Crippen molar-refractivity contribution in [2.45, 2.75) is 38.8 Å². The summed E-state index contributed by atoms with van der Waals surface area (Å²) in [6, 6.07) is 8.66. The molecule has 1 saturated carbocycles. The van der Waals surface area contributed by atoms with Gasteiger partial charge < -0.3 is 9.88 Å². The zero-order valence-corrected chi connectivity index (χ0v) is 11.6. The number of benzene rings is 1. The van der Waals surface area contributed by atoms with Gasteiger partial charge in [-0.05, 0) is 50.3 Å². The molecule has 19 heavy (non-hydrogen) atoms. The first-order chi connectivity index (χ1) is 9.15. The lowest BCUT2D eigenvalue weighted by Crippen LogP contribution is -2.40. The largest absolute Gasteiger partial charge is 0.307 e. The fourth-order valence-corrected chi connectivity index (χ4v) is 2.48. The minimum Gasteiger partial charge on any atom is -0.307 e. The molecule has 1 heterocycles. The maximum atomic E-state index is 4.07. The van der Waals surface area contributed by atoms with Crippen LogP contribution < -0.4 is 5.32 Å². The van der Waals surface area contributed by atoms with Crippen molar-refractivity contribution in [3.63, 3.8) is 0 Å². The Bertz CT molecular complexity index is 522. The van der Waals surface area contributed by atoms with Gasteiger partial charge in [-0.2, -0.15) is 0 Å². The van der Waals surface area contributed by atoms with Crippen LogP contribution >= 0.6 is 0 Å². The van der Waals surface area contributed by atoms with Crippen LogP contribution in [0, 0.1) is 5.92 Å². The van der Waals surface area contributed by atoms with Crippen molar-refractivity contribution in [1.29, 1.82) is 0 Å². The van der Waals surface area contributed by atoms with E-state index in [0.29, 0.717) is 0 Å². The van der Waals surface area contributed by atoms with E-state index in [0.717, 1.165) is 18.2 Å². The van der Waals surface area contributed by atoms with Gasteiger partial charge >= 0.3 is 0 Å². The Morgan fingerprint density at radius 2 is 2.00 bits per heavy atom. The standard InChI is InChI=1S/C16H21N3/c1-16(2,14-5-6-14)18-11-13-3-7-15(8-4-13)19-10-9-17-12-19/h3-4,7-10,12,14,18H,5-6,11H2,1-2H3. The van der Waals surface area contributed by atoms with E-state index in [9.17, 15) is 0 Å². The van der Waals surface area contributed by atoms with Gasteiger partial charge in [0.1, 0.15) is 0 Å². The van der Waals surface area contributed by atoms with Crippen molar-refractivity contribution < 1.29 is 0 Å². The van der Waals surface area contributed by atoms with Gasteiger partial charge in [0.05, 0.1) is 6.33 Å². The van der Waals surface area contributed by atoms with Gasteiger partial charge in [0.2, 0.25) is 0 Å². The highest BCUT2D eigenvalue weighted by Crippen LogP contribution is 2.39. The van der Waals surface area contributed by atoms with Crippen LogP contribution in [0.4, 0.5) is 0 Å². The molecule has 1 aromatic heterocycles. The van der Waals surface area contributed by atoms with Gasteiger partial charge in [0.25, 0.3) is 0 Å². The summed E-state index contributed by atoms with van der Waals surface area (Å²) in [7, 11) is 0. The van der Waals surface area contributed by atoms with Crippen LogP contribution in [0.1, 0.15) is 32.3 Å². The molecular weight excluding hydrogens is 234 g/mol. The Balaban J connectivity index is 1.63. The zero-order chi connectivity index (χ0) is 13.3. The summed E-state index contributed by atoms with van der Waals surface area (Å²) < 4.78 is 2.02. The summed E-state index contributed by atoms with van der Waals surface area (Å²) in [6.45, 7) is 5.56. The lowest BCUT2D eigenvalue weighted by atomic mass is 9.98. The van der Waals surface area contributed by atoms with E-state index in [2.05, 4.69) is 48.4 Å². The molecule has 0 bridgehead atoms. The van der Waals surface area contributed by atoms with Crippen LogP contribution in [0.15, 0.2) is 43.0 Å². The number of aromatic nitrogens is 2. The van der Waals surface area contributed by atoms with Gasteiger partial charge in [0.15, 0.2) is 0 Å². The van der Waals surface area contributed by atoms with E-state index in [4.69, 9.17) is 0 Å². The van der Waals surface area contributed by atoms with E-state index in [1.54, 1.807) is 6.20 Å². The minimum atomic E-state index is 0.267. The topological polar surface area (TPSA) is 29.9 Å². The number of hydrogen-bond acceptors (Lipinski definition) is 2. The molecule has 2 aromatic rings. The number of rotatable bonds is 5. The average Bonchev–Trinajstić information content (AvgIpc) is 3.15. The minimum absolute atomic E-state index is 0.267. The second kappa shape index (κ2) is 4.82. The third-order valence-electron chi connectivity index (χ3n) is 4.08. The molecule has 0 spiro atoms. The van der Waals surface area contributed by atoms with Gasteiger partial charge in [-0.25, -0.2) is 4.98 Å². The molecule has 3 rings (SSSR count). The van der Waals surface area contributed by atoms with Gasteiger partial charge in [0, 0.05) is 30.2 Å². The Kier molecular flexibility index (Phi) is 3.15. The third kappa shape index (κ3) is 2.87. The molecule has 0 saturated heterocycles. The Labute approximate surface area is 114 Å². The molecule has 0 unspecified atom stereocenters. The SMILES string of the molecule is CC(C)(NCc1ccc(-n2ccnc2)cc1)C1CC1. The molecule has 3 nitrogen and oxygen atoms in total. The molecule has 3 heteroatoms. The summed E-state index contributed by atoms with van der Waals surface area (Å²) in [6.07, 6.45) is 8.33. The Morgan fingerprint density at radius 1 is 1.26 bits per heavy atom. The average molecular weight is 255 g/mol. The third-order valence-corrected chi connectivity index (χ3v) is 4.08. The fraction of sp³-hybridized carbons (Fsp3) is 0.438. The monoisotopic (exact) mass is 255 g/mol. The summed E-state index contributed by atoms with van der Waals surface area (Å²) in [5.74, 6) is 0.859. The number of hydrogen-bond donors (Lipinski definition) is 1. The van der Waals surface area contributed by atoms with E-state index in [-0.39, 0.29) is 5.54 Å². The maximum absolute atomic E-state index is 4.07. The molecular formula is C16H21N3. The molecule has 1 aliphatic rings. The summed E-state index contributed by atoms with van der Waals surface area (Å²) in [5.41, 5.74) is 2.75. The van der Waals surface area contributed by atoms with Crippen LogP contribution in [0.25, 0.3) is 5.69 Å². The van der Waals surface area contributed by atoms with E-state index >= 15 is 0 Å². The number of imidazole rings is 1.